The molecule has 0 spiro atoms. The standard InChI is InChI=1S/C46H66N16O11/c1-3-23(2)38(58-43(70)32(18-37(49)65)55-42(69)31(17-36(48)64)54-40(67)28(47)12-8-14-52-46(51)73)45(72)61-20-25(33-21-62(60-59-33)26-9-4-5-10-26)16-35(61)44(71)56-30(41(68)57-34(22-63)39(50)66)15-24-19-53-29-13-7-6-11-27(24)29/h4,6-7,9-11,13,19,21,23,25,28,30-32,34-35,38,53,59-60,63H,3,5,8,12,14-18,20,22,47H2,1-2H3,(H2,48,64)(H2,49,65)(H2,50,66)(H,54,67)(H,55,69)(H,56,71)(H,57,68)(H,58,70)(H3,51,52,73)/t23-,25?,28-,30+,31-,32-,34-,35-,38-/m0/s1. The predicted molar refractivity (Wildman–Crippen MR) is 261 cm³/mol. The summed E-state index contributed by atoms with van der Waals surface area (Å²) >= 11 is 0. The Morgan fingerprint density at radius 2 is 1.48 bits per heavy atom. The first-order valence-electron chi connectivity index (χ1n) is 23.7. The van der Waals surface area contributed by atoms with E-state index in [0.29, 0.717) is 17.7 Å². The van der Waals surface area contributed by atoms with E-state index in [1.54, 1.807) is 37.3 Å². The molecular weight excluding hydrogens is 953 g/mol. The first-order valence-corrected chi connectivity index (χ1v) is 23.7. The minimum Gasteiger partial charge on any atom is -0.394 e. The van der Waals surface area contributed by atoms with Gasteiger partial charge < -0.3 is 81.0 Å². The third kappa shape index (κ3) is 15.2. The molecule has 73 heavy (non-hydrogen) atoms. The van der Waals surface area contributed by atoms with E-state index in [2.05, 4.69) is 47.8 Å². The van der Waals surface area contributed by atoms with E-state index in [9.17, 15) is 48.3 Å². The topological polar surface area (TPSA) is 440 Å². The number of hydrogen-bond donors (Lipinski definition) is 15. The summed E-state index contributed by atoms with van der Waals surface area (Å²) in [4.78, 5) is 137. The van der Waals surface area contributed by atoms with Crippen LogP contribution in [0.2, 0.25) is 0 Å². The van der Waals surface area contributed by atoms with Crippen LogP contribution in [0.25, 0.3) is 10.9 Å². The van der Waals surface area contributed by atoms with Gasteiger partial charge in [0.15, 0.2) is 0 Å². The van der Waals surface area contributed by atoms with Gasteiger partial charge in [0.2, 0.25) is 53.2 Å². The monoisotopic (exact) mass is 1020 g/mol. The summed E-state index contributed by atoms with van der Waals surface area (Å²) in [7, 11) is 0. The number of aromatic amines is 1. The van der Waals surface area contributed by atoms with E-state index in [1.165, 1.54) is 4.90 Å². The maximum absolute atomic E-state index is 15.1. The molecule has 1 unspecified atom stereocenters. The molecule has 0 saturated carbocycles. The van der Waals surface area contributed by atoms with Gasteiger partial charge in [0, 0.05) is 48.7 Å². The number of likely N-dealkylation sites (tertiary alicyclic amines) is 1. The number of aromatic nitrogens is 1. The van der Waals surface area contributed by atoms with Crippen molar-refractivity contribution >= 4 is 70.1 Å². The van der Waals surface area contributed by atoms with Crippen molar-refractivity contribution in [1.29, 1.82) is 0 Å². The van der Waals surface area contributed by atoms with E-state index in [0.717, 1.165) is 16.6 Å². The Labute approximate surface area is 419 Å². The van der Waals surface area contributed by atoms with Gasteiger partial charge in [-0.15, -0.1) is 5.53 Å². The van der Waals surface area contributed by atoms with E-state index in [-0.39, 0.29) is 45.2 Å². The second kappa shape index (κ2) is 25.9. The average molecular weight is 1020 g/mol. The fraction of sp³-hybridized carbons (Fsp3) is 0.478. The van der Waals surface area contributed by atoms with Gasteiger partial charge in [-0.3, -0.25) is 48.2 Å². The lowest BCUT2D eigenvalue weighted by Crippen LogP contribution is -2.61. The summed E-state index contributed by atoms with van der Waals surface area (Å²) in [6, 6.07) is -3.82. The Bertz CT molecular complexity index is 2510. The molecule has 27 heteroatoms. The Morgan fingerprint density at radius 1 is 0.836 bits per heavy atom. The van der Waals surface area contributed by atoms with Gasteiger partial charge >= 0.3 is 6.03 Å². The van der Waals surface area contributed by atoms with Crippen LogP contribution in [0.4, 0.5) is 4.79 Å². The van der Waals surface area contributed by atoms with E-state index in [1.807, 2.05) is 36.4 Å². The number of amides is 11. The van der Waals surface area contributed by atoms with E-state index in [4.69, 9.17) is 28.7 Å². The molecule has 2 aliphatic heterocycles. The average Bonchev–Trinajstić information content (AvgIpc) is 4.20. The molecular formula is C46H66N16O11. The number of benzene rings is 1. The summed E-state index contributed by atoms with van der Waals surface area (Å²) in [6.07, 6.45) is 8.86. The molecule has 1 saturated heterocycles. The molecule has 0 bridgehead atoms. The Kier molecular flexibility index (Phi) is 19.8. The predicted octanol–water partition coefficient (Wildman–Crippen LogP) is -4.59. The van der Waals surface area contributed by atoms with Crippen molar-refractivity contribution in [2.24, 2.45) is 40.5 Å². The number of aliphatic hydroxyl groups is 1. The van der Waals surface area contributed by atoms with Crippen molar-refractivity contribution in [3.05, 3.63) is 71.8 Å². The van der Waals surface area contributed by atoms with Gasteiger partial charge in [0.05, 0.1) is 36.9 Å². The lowest BCUT2D eigenvalue weighted by molar-refractivity contribution is -0.144. The van der Waals surface area contributed by atoms with Gasteiger partial charge in [-0.2, -0.15) is 0 Å². The smallest absolute Gasteiger partial charge is 0.312 e. The molecule has 3 heterocycles. The molecule has 27 nitrogen and oxygen atoms in total. The van der Waals surface area contributed by atoms with Gasteiger partial charge in [-0.25, -0.2) is 4.79 Å². The van der Waals surface area contributed by atoms with Crippen molar-refractivity contribution in [2.45, 2.75) is 108 Å². The van der Waals surface area contributed by atoms with Gasteiger partial charge in [-0.1, -0.05) is 50.6 Å². The Balaban J connectivity index is 1.43. The van der Waals surface area contributed by atoms with Crippen molar-refractivity contribution in [1.82, 2.24) is 57.8 Å². The number of H-pyrrole nitrogens is 1. The second-order valence-corrected chi connectivity index (χ2v) is 18.0. The molecule has 9 atom stereocenters. The highest BCUT2D eigenvalue weighted by atomic mass is 16.3. The number of allylic oxidation sites excluding steroid dienone is 3. The number of fused-ring (bicyclic) bond motifs is 1. The maximum Gasteiger partial charge on any atom is 0.312 e. The van der Waals surface area contributed by atoms with Crippen LogP contribution < -0.4 is 71.5 Å². The Morgan fingerprint density at radius 3 is 2.10 bits per heavy atom. The number of nitrogens with one attached hydrogen (secondary N) is 9. The summed E-state index contributed by atoms with van der Waals surface area (Å²) in [5.41, 5.74) is 36.3. The number of hydrogen-bond acceptors (Lipinski definition) is 15. The molecule has 2 aromatic rings. The third-order valence-electron chi connectivity index (χ3n) is 12.7. The zero-order valence-electron chi connectivity index (χ0n) is 40.5. The van der Waals surface area contributed by atoms with Crippen LogP contribution in [0.3, 0.4) is 0 Å². The minimum atomic E-state index is -1.77. The first kappa shape index (κ1) is 55.9. The highest BCUT2D eigenvalue weighted by molar-refractivity contribution is 6.00. The quantitative estimate of drug-likeness (QED) is 0.0375. The van der Waals surface area contributed by atoms with Crippen LogP contribution in [-0.4, -0.2) is 141 Å². The fourth-order valence-corrected chi connectivity index (χ4v) is 8.48. The number of hydrazine groups is 2. The molecule has 1 aliphatic carbocycles. The fourth-order valence-electron chi connectivity index (χ4n) is 8.48. The summed E-state index contributed by atoms with van der Waals surface area (Å²) < 4.78 is 0. The van der Waals surface area contributed by atoms with Crippen LogP contribution in [0, 0.1) is 11.8 Å². The second-order valence-electron chi connectivity index (χ2n) is 18.0. The van der Waals surface area contributed by atoms with Gasteiger partial charge in [-0.05, 0) is 49.3 Å². The van der Waals surface area contributed by atoms with E-state index < -0.39 is 133 Å². The minimum absolute atomic E-state index is 0.00517. The first-order chi connectivity index (χ1) is 34.7. The molecule has 3 aliphatic rings. The number of carbonyl (C=O) groups is 10. The normalized spacial score (nSPS) is 18.9. The number of rotatable bonds is 27. The lowest BCUT2D eigenvalue weighted by Gasteiger charge is -2.33. The number of aliphatic hydroxyl groups excluding tert-OH is 1. The zero-order chi connectivity index (χ0) is 53.5. The van der Waals surface area contributed by atoms with Gasteiger partial charge in [0.25, 0.3) is 0 Å². The summed E-state index contributed by atoms with van der Waals surface area (Å²) in [5.74, 6) is -9.75. The van der Waals surface area contributed by atoms with Crippen molar-refractivity contribution in [2.75, 3.05) is 19.7 Å². The largest absolute Gasteiger partial charge is 0.394 e. The molecule has 11 amide bonds. The van der Waals surface area contributed by atoms with Crippen LogP contribution in [0.5, 0.6) is 0 Å². The number of nitrogens with two attached hydrogens (primary N) is 5. The van der Waals surface area contributed by atoms with Crippen molar-refractivity contribution in [3.63, 3.8) is 0 Å². The van der Waals surface area contributed by atoms with Crippen LogP contribution in [-0.2, 0) is 49.6 Å². The molecule has 1 aromatic carbocycles. The zero-order valence-corrected chi connectivity index (χ0v) is 40.5. The molecule has 1 aromatic heterocycles. The van der Waals surface area contributed by atoms with Gasteiger partial charge in [0.1, 0.15) is 36.3 Å². The molecule has 0 radical (unpaired) electrons. The molecule has 20 N–H and O–H groups in total. The van der Waals surface area contributed by atoms with E-state index >= 15 is 4.79 Å². The number of nitrogens with zero attached hydrogens (tertiary/aromatic N) is 2. The SMILES string of the molecule is CC[C@H](C)[C@H](NC(=O)[C@H](CC(N)=O)NC(=O)[C@H](CC(N)=O)NC(=O)[C@@H](N)CCCNC(N)=O)C(=O)N1CC(C2=CN(C3=CCC=C3)NN2)C[C@H]1C(=O)N[C@H](Cc1c[nH]c2ccccc12)C(=O)N[C@@H](CO)C(N)=O. The summed E-state index contributed by atoms with van der Waals surface area (Å²) in [5, 5.41) is 27.1. The lowest BCUT2D eigenvalue weighted by atomic mass is 9.96. The highest BCUT2D eigenvalue weighted by Crippen LogP contribution is 2.32. The number of primary amides is 4. The van der Waals surface area contributed by atoms with Crippen LogP contribution in [0.1, 0.15) is 64.4 Å². The highest BCUT2D eigenvalue weighted by Gasteiger charge is 2.46. The van der Waals surface area contributed by atoms with Crippen LogP contribution in [0.15, 0.2) is 66.3 Å². The summed E-state index contributed by atoms with van der Waals surface area (Å²) in [6.45, 7) is 2.58. The number of carbonyl (C=O) groups excluding carboxylic acids is 10. The van der Waals surface area contributed by atoms with Crippen LogP contribution >= 0.6 is 0 Å². The number of urea groups is 1. The Hall–Kier alpha value is -8.04. The van der Waals surface area contributed by atoms with Crippen molar-refractivity contribution in [3.8, 4) is 0 Å². The maximum atomic E-state index is 15.1. The number of para-hydroxylation sites is 1. The van der Waals surface area contributed by atoms with Crippen molar-refractivity contribution < 1.29 is 53.1 Å². The molecule has 1 fully saturated rings. The molecule has 396 valence electrons. The third-order valence-corrected chi connectivity index (χ3v) is 12.7. The molecule has 5 rings (SSSR count).